The van der Waals surface area contributed by atoms with E-state index in [1.165, 1.54) is 6.07 Å². The lowest BCUT2D eigenvalue weighted by Crippen LogP contribution is -2.17. The van der Waals surface area contributed by atoms with Gasteiger partial charge in [0, 0.05) is 11.5 Å². The summed E-state index contributed by atoms with van der Waals surface area (Å²) in [6, 6.07) is 4.76. The summed E-state index contributed by atoms with van der Waals surface area (Å²) in [4.78, 5) is 25.4. The number of aliphatic hydroxyl groups is 1. The Morgan fingerprint density at radius 1 is 1.53 bits per heavy atom. The third-order valence-corrected chi connectivity index (χ3v) is 2.79. The third kappa shape index (κ3) is 2.14. The van der Waals surface area contributed by atoms with Gasteiger partial charge in [0.1, 0.15) is 0 Å². The molecule has 1 atom stereocenters. The molecule has 1 aromatic carbocycles. The number of aliphatic hydroxyl groups excluding tert-OH is 1. The number of hydrogen-bond donors (Lipinski definition) is 2. The van der Waals surface area contributed by atoms with Crippen molar-refractivity contribution >= 4 is 16.9 Å². The molecule has 0 saturated carbocycles. The number of fused-ring (bicyclic) bond motifs is 1. The fourth-order valence-electron chi connectivity index (χ4n) is 1.73. The van der Waals surface area contributed by atoms with Gasteiger partial charge in [-0.25, -0.2) is 4.79 Å². The molecule has 0 aliphatic carbocycles. The number of nitrogens with one attached hydrogen (secondary N) is 1. The molecule has 2 N–H and O–H groups in total. The first kappa shape index (κ1) is 11.6. The van der Waals surface area contributed by atoms with Crippen LogP contribution in [0.3, 0.4) is 0 Å². The summed E-state index contributed by atoms with van der Waals surface area (Å²) in [6.45, 7) is 1.66. The maximum atomic E-state index is 12.0. The Morgan fingerprint density at radius 2 is 2.29 bits per heavy atom. The van der Waals surface area contributed by atoms with E-state index in [2.05, 4.69) is 4.98 Å². The lowest BCUT2D eigenvalue weighted by Gasteiger charge is -2.09. The van der Waals surface area contributed by atoms with Crippen LogP contribution in [-0.2, 0) is 0 Å². The van der Waals surface area contributed by atoms with Crippen molar-refractivity contribution in [2.75, 3.05) is 6.61 Å². The summed E-state index contributed by atoms with van der Waals surface area (Å²) in [5.41, 5.74) is 1.36. The van der Waals surface area contributed by atoms with Gasteiger partial charge >= 0.3 is 5.76 Å². The maximum absolute atomic E-state index is 12.0. The van der Waals surface area contributed by atoms with Gasteiger partial charge in [-0.2, -0.15) is 0 Å². The van der Waals surface area contributed by atoms with E-state index in [0.717, 1.165) is 0 Å². The summed E-state index contributed by atoms with van der Waals surface area (Å²) < 4.78 is 4.88. The molecule has 1 heterocycles. The zero-order valence-corrected chi connectivity index (χ0v) is 9.40. The zero-order valence-electron chi connectivity index (χ0n) is 9.40. The molecule has 0 bridgehead atoms. The molecule has 0 aliphatic rings. The molecule has 1 aromatic heterocycles. The van der Waals surface area contributed by atoms with Gasteiger partial charge in [-0.15, -0.1) is 0 Å². The Labute approximate surface area is 97.1 Å². The summed E-state index contributed by atoms with van der Waals surface area (Å²) in [7, 11) is 0. The molecular formula is C12H13NO4. The normalized spacial score (nSPS) is 12.8. The highest BCUT2D eigenvalue weighted by molar-refractivity contribution is 6.00. The third-order valence-electron chi connectivity index (χ3n) is 2.79. The first-order valence-corrected chi connectivity index (χ1v) is 5.43. The van der Waals surface area contributed by atoms with Crippen LogP contribution in [0, 0.1) is 5.92 Å². The zero-order chi connectivity index (χ0) is 12.4. The molecule has 0 fully saturated rings. The monoisotopic (exact) mass is 235 g/mol. The van der Waals surface area contributed by atoms with Crippen LogP contribution in [0.15, 0.2) is 27.4 Å². The Bertz CT molecular complexity index is 592. The Hall–Kier alpha value is -1.88. The van der Waals surface area contributed by atoms with Crippen molar-refractivity contribution in [3.05, 3.63) is 34.3 Å². The van der Waals surface area contributed by atoms with Gasteiger partial charge < -0.3 is 9.52 Å². The van der Waals surface area contributed by atoms with Gasteiger partial charge in [-0.1, -0.05) is 6.92 Å². The lowest BCUT2D eigenvalue weighted by molar-refractivity contribution is 0.0856. The predicted octanol–water partition coefficient (Wildman–Crippen LogP) is 1.32. The smallest absolute Gasteiger partial charge is 0.408 e. The molecular weight excluding hydrogens is 222 g/mol. The number of aromatic nitrogens is 1. The minimum Gasteiger partial charge on any atom is -0.408 e. The van der Waals surface area contributed by atoms with Gasteiger partial charge in [0.2, 0.25) is 0 Å². The fourth-order valence-corrected chi connectivity index (χ4v) is 1.73. The number of rotatable bonds is 4. The molecule has 1 unspecified atom stereocenters. The van der Waals surface area contributed by atoms with Gasteiger partial charge in [0.15, 0.2) is 11.4 Å². The number of Topliss-reactive ketones (excluding diaryl/α,β-unsaturated/α-hetero) is 1. The Morgan fingerprint density at radius 3 is 2.94 bits per heavy atom. The van der Waals surface area contributed by atoms with E-state index in [1.807, 2.05) is 6.92 Å². The van der Waals surface area contributed by atoms with Crippen molar-refractivity contribution in [1.82, 2.24) is 4.98 Å². The SMILES string of the molecule is CCC(CO)C(=O)c1ccc2[nH]c(=O)oc2c1. The molecule has 0 saturated heterocycles. The topological polar surface area (TPSA) is 83.3 Å². The summed E-state index contributed by atoms with van der Waals surface area (Å²) in [5, 5.41) is 9.07. The van der Waals surface area contributed by atoms with Crippen LogP contribution in [0.4, 0.5) is 0 Å². The minimum absolute atomic E-state index is 0.138. The van der Waals surface area contributed by atoms with Gasteiger partial charge in [-0.3, -0.25) is 9.78 Å². The van der Waals surface area contributed by atoms with Crippen molar-refractivity contribution in [2.24, 2.45) is 5.92 Å². The summed E-state index contributed by atoms with van der Waals surface area (Å²) in [6.07, 6.45) is 0.574. The van der Waals surface area contributed by atoms with E-state index in [1.54, 1.807) is 12.1 Å². The number of benzene rings is 1. The average molecular weight is 235 g/mol. The van der Waals surface area contributed by atoms with Crippen molar-refractivity contribution in [3.63, 3.8) is 0 Å². The van der Waals surface area contributed by atoms with Crippen molar-refractivity contribution in [1.29, 1.82) is 0 Å². The Balaban J connectivity index is 2.42. The van der Waals surface area contributed by atoms with Gasteiger partial charge in [0.05, 0.1) is 12.1 Å². The predicted molar refractivity (Wildman–Crippen MR) is 62.0 cm³/mol. The first-order chi connectivity index (χ1) is 8.15. The number of oxazole rings is 1. The molecule has 90 valence electrons. The first-order valence-electron chi connectivity index (χ1n) is 5.43. The molecule has 17 heavy (non-hydrogen) atoms. The number of ketones is 1. The molecule has 0 spiro atoms. The van der Waals surface area contributed by atoms with E-state index in [0.29, 0.717) is 23.1 Å². The second kappa shape index (κ2) is 4.55. The largest absolute Gasteiger partial charge is 0.417 e. The number of carbonyl (C=O) groups is 1. The molecule has 0 amide bonds. The number of H-pyrrole nitrogens is 1. The molecule has 0 radical (unpaired) electrons. The van der Waals surface area contributed by atoms with Crippen LogP contribution in [0.2, 0.25) is 0 Å². The van der Waals surface area contributed by atoms with Crippen molar-refractivity contribution in [3.8, 4) is 0 Å². The van der Waals surface area contributed by atoms with E-state index < -0.39 is 11.7 Å². The second-order valence-corrected chi connectivity index (χ2v) is 3.88. The summed E-state index contributed by atoms with van der Waals surface area (Å²) >= 11 is 0. The minimum atomic E-state index is -0.543. The second-order valence-electron chi connectivity index (χ2n) is 3.88. The van der Waals surface area contributed by atoms with Crippen LogP contribution in [0.1, 0.15) is 23.7 Å². The highest BCUT2D eigenvalue weighted by Crippen LogP contribution is 2.17. The van der Waals surface area contributed by atoms with Crippen LogP contribution < -0.4 is 5.76 Å². The molecule has 5 nitrogen and oxygen atoms in total. The Kier molecular flexibility index (Phi) is 3.10. The molecule has 2 rings (SSSR count). The van der Waals surface area contributed by atoms with Crippen molar-refractivity contribution in [2.45, 2.75) is 13.3 Å². The number of hydrogen-bond acceptors (Lipinski definition) is 4. The molecule has 5 heteroatoms. The van der Waals surface area contributed by atoms with Crippen LogP contribution in [0.25, 0.3) is 11.1 Å². The van der Waals surface area contributed by atoms with E-state index >= 15 is 0 Å². The van der Waals surface area contributed by atoms with Gasteiger partial charge in [-0.05, 0) is 24.6 Å². The van der Waals surface area contributed by atoms with Gasteiger partial charge in [0.25, 0.3) is 0 Å². The lowest BCUT2D eigenvalue weighted by atomic mass is 9.96. The van der Waals surface area contributed by atoms with E-state index in [-0.39, 0.29) is 12.4 Å². The van der Waals surface area contributed by atoms with Crippen LogP contribution in [-0.4, -0.2) is 22.5 Å². The molecule has 0 aliphatic heterocycles. The maximum Gasteiger partial charge on any atom is 0.417 e. The average Bonchev–Trinajstić information content (AvgIpc) is 2.69. The summed E-state index contributed by atoms with van der Waals surface area (Å²) in [5.74, 6) is -1.09. The van der Waals surface area contributed by atoms with Crippen LogP contribution in [0.5, 0.6) is 0 Å². The number of aromatic amines is 1. The highest BCUT2D eigenvalue weighted by atomic mass is 16.4. The number of carbonyl (C=O) groups excluding carboxylic acids is 1. The van der Waals surface area contributed by atoms with Crippen molar-refractivity contribution < 1.29 is 14.3 Å². The fraction of sp³-hybridized carbons (Fsp3) is 0.333. The standard InChI is InChI=1S/C12H13NO4/c1-2-7(6-14)11(15)8-3-4-9-10(5-8)17-12(16)13-9/h3-5,7,14H,2,6H2,1H3,(H,13,16). The van der Waals surface area contributed by atoms with E-state index in [9.17, 15) is 9.59 Å². The van der Waals surface area contributed by atoms with Crippen LogP contribution >= 0.6 is 0 Å². The highest BCUT2D eigenvalue weighted by Gasteiger charge is 2.18. The van der Waals surface area contributed by atoms with E-state index in [4.69, 9.17) is 9.52 Å². The molecule has 2 aromatic rings. The quantitative estimate of drug-likeness (QED) is 0.783.